The molecular weight excluding hydrogens is 432 g/mol. The highest BCUT2D eigenvalue weighted by Crippen LogP contribution is 2.37. The van der Waals surface area contributed by atoms with Crippen LogP contribution >= 0.6 is 23.2 Å². The Labute approximate surface area is 183 Å². The summed E-state index contributed by atoms with van der Waals surface area (Å²) < 4.78 is 20.0. The van der Waals surface area contributed by atoms with E-state index in [1.54, 1.807) is 18.3 Å². The molecule has 2 aromatic rings. The number of rotatable bonds is 4. The van der Waals surface area contributed by atoms with Crippen LogP contribution in [0.1, 0.15) is 25.3 Å². The van der Waals surface area contributed by atoms with Gasteiger partial charge in [0.25, 0.3) is 0 Å². The van der Waals surface area contributed by atoms with Crippen LogP contribution in [0, 0.1) is 11.7 Å². The SMILES string of the molecule is CC1CN(c2ncc(Cl)cc2Cl)CCC1(O)COc1ccc(F)c2c1CCC(=O)N2. The zero-order valence-electron chi connectivity index (χ0n) is 16.4. The van der Waals surface area contributed by atoms with E-state index in [0.29, 0.717) is 53.1 Å². The Kier molecular flexibility index (Phi) is 5.79. The molecule has 2 N–H and O–H groups in total. The lowest BCUT2D eigenvalue weighted by atomic mass is 9.82. The predicted octanol–water partition coefficient (Wildman–Crippen LogP) is 4.07. The van der Waals surface area contributed by atoms with Gasteiger partial charge in [-0.1, -0.05) is 30.1 Å². The summed E-state index contributed by atoms with van der Waals surface area (Å²) in [7, 11) is 0. The first-order valence-corrected chi connectivity index (χ1v) is 10.5. The number of pyridine rings is 1. The highest BCUT2D eigenvalue weighted by atomic mass is 35.5. The van der Waals surface area contributed by atoms with Gasteiger partial charge in [-0.3, -0.25) is 4.79 Å². The summed E-state index contributed by atoms with van der Waals surface area (Å²) in [5.41, 5.74) is -0.267. The van der Waals surface area contributed by atoms with Crippen molar-refractivity contribution in [3.8, 4) is 5.75 Å². The Morgan fingerprint density at radius 1 is 1.40 bits per heavy atom. The van der Waals surface area contributed by atoms with E-state index in [4.69, 9.17) is 27.9 Å². The van der Waals surface area contributed by atoms with E-state index >= 15 is 0 Å². The Bertz CT molecular complexity index is 990. The average Bonchev–Trinajstić information content (AvgIpc) is 2.70. The minimum Gasteiger partial charge on any atom is -0.490 e. The zero-order chi connectivity index (χ0) is 21.5. The molecule has 1 aromatic carbocycles. The van der Waals surface area contributed by atoms with Crippen LogP contribution in [-0.2, 0) is 11.2 Å². The number of aliphatic hydroxyl groups is 1. The highest BCUT2D eigenvalue weighted by Gasteiger charge is 2.40. The number of ether oxygens (including phenoxy) is 1. The summed E-state index contributed by atoms with van der Waals surface area (Å²) in [6.07, 6.45) is 2.68. The van der Waals surface area contributed by atoms with Gasteiger partial charge in [0.15, 0.2) is 0 Å². The number of aromatic nitrogens is 1. The van der Waals surface area contributed by atoms with E-state index in [1.807, 2.05) is 11.8 Å². The number of benzene rings is 1. The number of amides is 1. The fraction of sp³-hybridized carbons (Fsp3) is 0.429. The van der Waals surface area contributed by atoms with Crippen molar-refractivity contribution in [1.29, 1.82) is 0 Å². The number of anilines is 2. The van der Waals surface area contributed by atoms with Crippen molar-refractivity contribution >= 4 is 40.6 Å². The molecule has 1 amide bonds. The van der Waals surface area contributed by atoms with Crippen molar-refractivity contribution in [2.24, 2.45) is 5.92 Å². The van der Waals surface area contributed by atoms with Gasteiger partial charge in [0.1, 0.15) is 29.6 Å². The molecule has 2 aliphatic heterocycles. The van der Waals surface area contributed by atoms with Crippen molar-refractivity contribution in [2.45, 2.75) is 31.8 Å². The molecule has 0 spiro atoms. The van der Waals surface area contributed by atoms with Gasteiger partial charge in [-0.05, 0) is 31.0 Å². The smallest absolute Gasteiger partial charge is 0.224 e. The average molecular weight is 454 g/mol. The maximum atomic E-state index is 14.1. The Balaban J connectivity index is 1.46. The Morgan fingerprint density at radius 3 is 2.93 bits per heavy atom. The Morgan fingerprint density at radius 2 is 2.20 bits per heavy atom. The number of carbonyl (C=O) groups excluding carboxylic acids is 1. The van der Waals surface area contributed by atoms with Crippen LogP contribution in [0.5, 0.6) is 5.75 Å². The number of nitrogens with one attached hydrogen (secondary N) is 1. The van der Waals surface area contributed by atoms with Gasteiger partial charge in [0, 0.05) is 37.2 Å². The molecule has 4 rings (SSSR count). The first-order chi connectivity index (χ1) is 14.3. The third-order valence-corrected chi connectivity index (χ3v) is 6.36. The molecule has 2 atom stereocenters. The van der Waals surface area contributed by atoms with E-state index in [0.717, 1.165) is 0 Å². The molecule has 3 heterocycles. The fourth-order valence-corrected chi connectivity index (χ4v) is 4.48. The fourth-order valence-electron chi connectivity index (χ4n) is 3.98. The second kappa shape index (κ2) is 8.21. The molecule has 1 fully saturated rings. The van der Waals surface area contributed by atoms with E-state index in [1.165, 1.54) is 6.07 Å². The summed E-state index contributed by atoms with van der Waals surface area (Å²) >= 11 is 12.2. The molecule has 1 saturated heterocycles. The molecule has 0 bridgehead atoms. The number of nitrogens with zero attached hydrogens (tertiary/aromatic N) is 2. The predicted molar refractivity (Wildman–Crippen MR) is 114 cm³/mol. The molecule has 0 aliphatic carbocycles. The molecule has 6 nitrogen and oxygen atoms in total. The number of carbonyl (C=O) groups is 1. The summed E-state index contributed by atoms with van der Waals surface area (Å²) in [4.78, 5) is 17.9. The summed E-state index contributed by atoms with van der Waals surface area (Å²) in [6.45, 7) is 3.11. The maximum Gasteiger partial charge on any atom is 0.224 e. The lowest BCUT2D eigenvalue weighted by Crippen LogP contribution is -2.54. The van der Waals surface area contributed by atoms with Crippen molar-refractivity contribution in [3.05, 3.63) is 45.8 Å². The van der Waals surface area contributed by atoms with Crippen molar-refractivity contribution in [1.82, 2.24) is 4.98 Å². The monoisotopic (exact) mass is 453 g/mol. The standard InChI is InChI=1S/C21H22Cl2FN3O3/c1-12-10-27(20-15(23)8-13(22)9-25-20)7-6-21(12,29)11-30-17-4-3-16(24)19-14(17)2-5-18(28)26-19/h3-4,8-9,12,29H,2,5-7,10-11H2,1H3,(H,26,28). The van der Waals surface area contributed by atoms with Gasteiger partial charge < -0.3 is 20.1 Å². The summed E-state index contributed by atoms with van der Waals surface area (Å²) in [6, 6.07) is 4.47. The molecule has 9 heteroatoms. The number of hydrogen-bond acceptors (Lipinski definition) is 5. The second-order valence-corrected chi connectivity index (χ2v) is 8.74. The lowest BCUT2D eigenvalue weighted by Gasteiger charge is -2.43. The topological polar surface area (TPSA) is 74.7 Å². The van der Waals surface area contributed by atoms with Crippen LogP contribution in [0.4, 0.5) is 15.9 Å². The van der Waals surface area contributed by atoms with Crippen LogP contribution in [0.25, 0.3) is 0 Å². The van der Waals surface area contributed by atoms with E-state index in [2.05, 4.69) is 10.3 Å². The molecular formula is C21H22Cl2FN3O3. The molecule has 1 aromatic heterocycles. The first kappa shape index (κ1) is 21.2. The largest absolute Gasteiger partial charge is 0.490 e. The molecule has 0 saturated carbocycles. The van der Waals surface area contributed by atoms with Gasteiger partial charge in [0.2, 0.25) is 5.91 Å². The number of fused-ring (bicyclic) bond motifs is 1. The molecule has 30 heavy (non-hydrogen) atoms. The van der Waals surface area contributed by atoms with Gasteiger partial charge in [-0.25, -0.2) is 9.37 Å². The van der Waals surface area contributed by atoms with Crippen LogP contribution in [0.3, 0.4) is 0 Å². The number of piperidine rings is 1. The second-order valence-electron chi connectivity index (χ2n) is 7.90. The van der Waals surface area contributed by atoms with Crippen LogP contribution in [0.15, 0.2) is 24.4 Å². The minimum absolute atomic E-state index is 0.0653. The molecule has 0 radical (unpaired) electrons. The highest BCUT2D eigenvalue weighted by molar-refractivity contribution is 6.36. The van der Waals surface area contributed by atoms with Gasteiger partial charge in [-0.2, -0.15) is 0 Å². The molecule has 2 aliphatic rings. The van der Waals surface area contributed by atoms with Crippen molar-refractivity contribution in [2.75, 3.05) is 29.9 Å². The molecule has 2 unspecified atom stereocenters. The number of halogens is 3. The number of hydrogen-bond donors (Lipinski definition) is 2. The van der Waals surface area contributed by atoms with Gasteiger partial charge in [-0.15, -0.1) is 0 Å². The quantitative estimate of drug-likeness (QED) is 0.729. The summed E-state index contributed by atoms with van der Waals surface area (Å²) in [5, 5.41) is 14.7. The van der Waals surface area contributed by atoms with Crippen molar-refractivity contribution < 1.29 is 19.0 Å². The molecule has 160 valence electrons. The third kappa shape index (κ3) is 4.06. The third-order valence-electron chi connectivity index (χ3n) is 5.88. The van der Waals surface area contributed by atoms with E-state index < -0.39 is 11.4 Å². The lowest BCUT2D eigenvalue weighted by molar-refractivity contribution is -0.116. The normalized spacial score (nSPS) is 23.7. The minimum atomic E-state index is -1.06. The van der Waals surface area contributed by atoms with Gasteiger partial charge >= 0.3 is 0 Å². The van der Waals surface area contributed by atoms with Crippen molar-refractivity contribution in [3.63, 3.8) is 0 Å². The summed E-state index contributed by atoms with van der Waals surface area (Å²) in [5.74, 6) is 0.289. The van der Waals surface area contributed by atoms with Crippen LogP contribution < -0.4 is 15.0 Å². The van der Waals surface area contributed by atoms with Crippen LogP contribution in [-0.4, -0.2) is 41.3 Å². The Hall–Kier alpha value is -2.09. The van der Waals surface area contributed by atoms with Gasteiger partial charge in [0.05, 0.1) is 15.7 Å². The first-order valence-electron chi connectivity index (χ1n) is 9.79. The maximum absolute atomic E-state index is 14.1. The van der Waals surface area contributed by atoms with E-state index in [-0.39, 0.29) is 30.5 Å². The zero-order valence-corrected chi connectivity index (χ0v) is 17.9. The van der Waals surface area contributed by atoms with Crippen LogP contribution in [0.2, 0.25) is 10.0 Å². The van der Waals surface area contributed by atoms with E-state index in [9.17, 15) is 14.3 Å².